The van der Waals surface area contributed by atoms with E-state index in [-0.39, 0.29) is 28.3 Å². The van der Waals surface area contributed by atoms with Crippen LogP contribution >= 0.6 is 11.8 Å². The summed E-state index contributed by atoms with van der Waals surface area (Å²) in [6, 6.07) is 0. The maximum absolute atomic E-state index is 11.7. The average molecular weight is 273 g/mol. The molecule has 1 N–H and O–H groups in total. The third-order valence-corrected chi connectivity index (χ3v) is 4.20. The number of aliphatic hydroxyl groups is 1. The van der Waals surface area contributed by atoms with Crippen molar-refractivity contribution in [1.29, 1.82) is 0 Å². The molecule has 0 bridgehead atoms. The highest BCUT2D eigenvalue weighted by molar-refractivity contribution is 8.14. The predicted molar refractivity (Wildman–Crippen MR) is 73.4 cm³/mol. The minimum Gasteiger partial charge on any atom is -0.396 e. The zero-order valence-corrected chi connectivity index (χ0v) is 12.3. The van der Waals surface area contributed by atoms with Crippen LogP contribution in [0.5, 0.6) is 0 Å². The molecule has 1 heterocycles. The molecule has 0 aromatic heterocycles. The van der Waals surface area contributed by atoms with E-state index in [1.54, 1.807) is 6.92 Å². The maximum atomic E-state index is 11.7. The van der Waals surface area contributed by atoms with E-state index in [1.807, 2.05) is 18.7 Å². The van der Waals surface area contributed by atoms with Crippen LogP contribution in [0, 0.1) is 5.41 Å². The van der Waals surface area contributed by atoms with Crippen LogP contribution in [0.2, 0.25) is 0 Å². The van der Waals surface area contributed by atoms with Gasteiger partial charge in [-0.25, -0.2) is 0 Å². The standard InChI is InChI=1S/C13H23NO3S/c1-10(16)18-11-7-12(17)14(8-11)6-4-5-13(2,3)9-15/h11,15H,4-9H2,1-3H3. The Morgan fingerprint density at radius 2 is 2.22 bits per heavy atom. The van der Waals surface area contributed by atoms with Gasteiger partial charge in [0, 0.05) is 38.3 Å². The van der Waals surface area contributed by atoms with E-state index in [9.17, 15) is 9.59 Å². The molecule has 104 valence electrons. The van der Waals surface area contributed by atoms with E-state index in [0.29, 0.717) is 13.0 Å². The second kappa shape index (κ2) is 6.57. The summed E-state index contributed by atoms with van der Waals surface area (Å²) in [7, 11) is 0. The molecule has 5 heteroatoms. The van der Waals surface area contributed by atoms with Gasteiger partial charge in [0.2, 0.25) is 5.91 Å². The van der Waals surface area contributed by atoms with E-state index in [4.69, 9.17) is 5.11 Å². The lowest BCUT2D eigenvalue weighted by molar-refractivity contribution is -0.127. The fourth-order valence-electron chi connectivity index (χ4n) is 2.09. The van der Waals surface area contributed by atoms with Crippen LogP contribution in [-0.4, -0.2) is 46.0 Å². The number of aliphatic hydroxyl groups excluding tert-OH is 1. The Bertz CT molecular complexity index is 317. The van der Waals surface area contributed by atoms with Gasteiger partial charge in [-0.1, -0.05) is 25.6 Å². The van der Waals surface area contributed by atoms with Crippen LogP contribution in [0.4, 0.5) is 0 Å². The van der Waals surface area contributed by atoms with Gasteiger partial charge in [0.1, 0.15) is 0 Å². The monoisotopic (exact) mass is 273 g/mol. The minimum absolute atomic E-state index is 0.0731. The molecule has 1 unspecified atom stereocenters. The first-order valence-corrected chi connectivity index (χ1v) is 7.28. The molecule has 1 atom stereocenters. The lowest BCUT2D eigenvalue weighted by atomic mass is 9.89. The van der Waals surface area contributed by atoms with Crippen molar-refractivity contribution in [3.8, 4) is 0 Å². The Balaban J connectivity index is 2.31. The molecule has 0 aromatic carbocycles. The maximum Gasteiger partial charge on any atom is 0.223 e. The summed E-state index contributed by atoms with van der Waals surface area (Å²) in [4.78, 5) is 24.6. The van der Waals surface area contributed by atoms with Gasteiger partial charge in [0.15, 0.2) is 5.12 Å². The first-order valence-electron chi connectivity index (χ1n) is 6.40. The Morgan fingerprint density at radius 3 is 2.78 bits per heavy atom. The predicted octanol–water partition coefficient (Wildman–Crippen LogP) is 1.67. The van der Waals surface area contributed by atoms with Gasteiger partial charge in [-0.15, -0.1) is 0 Å². The molecular formula is C13H23NO3S. The summed E-state index contributed by atoms with van der Waals surface area (Å²) in [6.45, 7) is 7.17. The highest BCUT2D eigenvalue weighted by atomic mass is 32.2. The van der Waals surface area contributed by atoms with Crippen molar-refractivity contribution in [3.05, 3.63) is 0 Å². The summed E-state index contributed by atoms with van der Waals surface area (Å²) in [6.07, 6.45) is 2.28. The van der Waals surface area contributed by atoms with E-state index in [0.717, 1.165) is 19.4 Å². The fraction of sp³-hybridized carbons (Fsp3) is 0.846. The molecule has 1 aliphatic rings. The van der Waals surface area contributed by atoms with Crippen LogP contribution in [0.3, 0.4) is 0 Å². The fourth-order valence-corrected chi connectivity index (χ4v) is 3.04. The normalized spacial score (nSPS) is 20.6. The van der Waals surface area contributed by atoms with Crippen LogP contribution in [-0.2, 0) is 9.59 Å². The molecule has 0 radical (unpaired) electrons. The van der Waals surface area contributed by atoms with Crippen molar-refractivity contribution in [3.63, 3.8) is 0 Å². The highest BCUT2D eigenvalue weighted by Crippen LogP contribution is 2.26. The molecule has 1 amide bonds. The summed E-state index contributed by atoms with van der Waals surface area (Å²) < 4.78 is 0. The number of rotatable bonds is 6. The third-order valence-electron chi connectivity index (χ3n) is 3.22. The summed E-state index contributed by atoms with van der Waals surface area (Å²) in [5, 5.41) is 9.36. The number of hydrogen-bond donors (Lipinski definition) is 1. The van der Waals surface area contributed by atoms with Crippen molar-refractivity contribution >= 4 is 22.8 Å². The summed E-state index contributed by atoms with van der Waals surface area (Å²) in [5.41, 5.74) is -0.0731. The lowest BCUT2D eigenvalue weighted by Crippen LogP contribution is -2.28. The molecule has 1 aliphatic heterocycles. The van der Waals surface area contributed by atoms with E-state index in [2.05, 4.69) is 0 Å². The van der Waals surface area contributed by atoms with Crippen molar-refractivity contribution in [2.45, 2.75) is 45.3 Å². The first-order chi connectivity index (χ1) is 8.34. The lowest BCUT2D eigenvalue weighted by Gasteiger charge is -2.23. The van der Waals surface area contributed by atoms with Crippen molar-refractivity contribution < 1.29 is 14.7 Å². The zero-order valence-electron chi connectivity index (χ0n) is 11.4. The van der Waals surface area contributed by atoms with Gasteiger partial charge in [0.25, 0.3) is 0 Å². The van der Waals surface area contributed by atoms with E-state index < -0.39 is 0 Å². The molecular weight excluding hydrogens is 250 g/mol. The molecule has 0 spiro atoms. The topological polar surface area (TPSA) is 57.6 Å². The number of thioether (sulfide) groups is 1. The Hall–Kier alpha value is -0.550. The van der Waals surface area contributed by atoms with Gasteiger partial charge in [-0.3, -0.25) is 9.59 Å². The quantitative estimate of drug-likeness (QED) is 0.799. The molecule has 1 saturated heterocycles. The van der Waals surface area contributed by atoms with Crippen molar-refractivity contribution in [1.82, 2.24) is 4.90 Å². The number of amides is 1. The van der Waals surface area contributed by atoms with Crippen LogP contribution in [0.1, 0.15) is 40.0 Å². The Labute approximate surface area is 113 Å². The molecule has 0 aromatic rings. The molecule has 0 saturated carbocycles. The van der Waals surface area contributed by atoms with Gasteiger partial charge >= 0.3 is 0 Å². The van der Waals surface area contributed by atoms with Crippen LogP contribution < -0.4 is 0 Å². The summed E-state index contributed by atoms with van der Waals surface area (Å²) >= 11 is 1.27. The van der Waals surface area contributed by atoms with E-state index >= 15 is 0 Å². The van der Waals surface area contributed by atoms with E-state index in [1.165, 1.54) is 11.8 Å². The van der Waals surface area contributed by atoms with Crippen molar-refractivity contribution in [2.75, 3.05) is 19.7 Å². The number of carbonyl (C=O) groups is 2. The molecule has 18 heavy (non-hydrogen) atoms. The molecule has 0 aliphatic carbocycles. The highest BCUT2D eigenvalue weighted by Gasteiger charge is 2.30. The Kier molecular flexibility index (Phi) is 5.66. The second-order valence-corrected chi connectivity index (χ2v) is 7.18. The zero-order chi connectivity index (χ0) is 13.8. The van der Waals surface area contributed by atoms with Gasteiger partial charge in [0.05, 0.1) is 0 Å². The second-order valence-electron chi connectivity index (χ2n) is 5.70. The van der Waals surface area contributed by atoms with Crippen LogP contribution in [0.25, 0.3) is 0 Å². The molecule has 4 nitrogen and oxygen atoms in total. The summed E-state index contributed by atoms with van der Waals surface area (Å²) in [5.74, 6) is 0.149. The van der Waals surface area contributed by atoms with Crippen molar-refractivity contribution in [2.24, 2.45) is 5.41 Å². The number of hydrogen-bond acceptors (Lipinski definition) is 4. The first kappa shape index (κ1) is 15.5. The van der Waals surface area contributed by atoms with Gasteiger partial charge < -0.3 is 10.0 Å². The van der Waals surface area contributed by atoms with Crippen LogP contribution in [0.15, 0.2) is 0 Å². The number of likely N-dealkylation sites (tertiary alicyclic amines) is 1. The van der Waals surface area contributed by atoms with Gasteiger partial charge in [-0.2, -0.15) is 0 Å². The van der Waals surface area contributed by atoms with Gasteiger partial charge in [-0.05, 0) is 18.3 Å². The third kappa shape index (κ3) is 4.98. The largest absolute Gasteiger partial charge is 0.396 e. The smallest absolute Gasteiger partial charge is 0.223 e. The number of nitrogens with zero attached hydrogens (tertiary/aromatic N) is 1. The average Bonchev–Trinajstić information content (AvgIpc) is 2.58. The molecule has 1 fully saturated rings. The Morgan fingerprint density at radius 1 is 1.56 bits per heavy atom. The SMILES string of the molecule is CC(=O)SC1CC(=O)N(CCCC(C)(C)CO)C1. The molecule has 1 rings (SSSR count). The number of carbonyl (C=O) groups excluding carboxylic acids is 2. The minimum atomic E-state index is -0.0731.